The first-order valence-corrected chi connectivity index (χ1v) is 7.41. The number of hydrogen-bond donors (Lipinski definition) is 0. The Morgan fingerprint density at radius 2 is 0.833 bits per heavy atom. The van der Waals surface area contributed by atoms with E-state index in [-0.39, 0.29) is 46.1 Å². The monoisotopic (exact) mass is 274 g/mol. The maximum atomic E-state index is 3.78. The van der Waals surface area contributed by atoms with Crippen molar-refractivity contribution in [3.8, 4) is 0 Å². The van der Waals surface area contributed by atoms with Crippen LogP contribution >= 0.6 is 0 Å². The molecule has 0 amide bonds. The van der Waals surface area contributed by atoms with Gasteiger partial charge < -0.3 is 13.8 Å². The molecule has 0 aromatic carbocycles. The summed E-state index contributed by atoms with van der Waals surface area (Å²) < 4.78 is 0. The first kappa shape index (κ1) is 27.8. The summed E-state index contributed by atoms with van der Waals surface area (Å²) in [5.41, 5.74) is 0. The molecule has 0 saturated heterocycles. The Hall–Kier alpha value is 1.53. The summed E-state index contributed by atoms with van der Waals surface area (Å²) in [6.45, 7) is 12.0. The zero-order chi connectivity index (χ0) is 12.5. The van der Waals surface area contributed by atoms with Crippen LogP contribution in [0.2, 0.25) is 0 Å². The Bertz CT molecular complexity index is 71.1. The van der Waals surface area contributed by atoms with Gasteiger partial charge in [-0.05, 0) is 0 Å². The molecule has 0 aliphatic rings. The molecule has 2 heteroatoms. The maximum Gasteiger partial charge on any atom is 2.00 e. The van der Waals surface area contributed by atoms with E-state index in [0.717, 1.165) is 12.8 Å². The van der Waals surface area contributed by atoms with Crippen LogP contribution in [0.3, 0.4) is 0 Å². The molecule has 0 aromatic heterocycles. The van der Waals surface area contributed by atoms with E-state index in [1.54, 1.807) is 0 Å². The zero-order valence-corrected chi connectivity index (χ0v) is 16.1. The van der Waals surface area contributed by atoms with E-state index in [9.17, 15) is 0 Å². The summed E-state index contributed by atoms with van der Waals surface area (Å²) in [5.74, 6) is 0. The van der Waals surface area contributed by atoms with Crippen LogP contribution in [0.1, 0.15) is 90.9 Å². The summed E-state index contributed by atoms with van der Waals surface area (Å²) in [4.78, 5) is 0. The first-order chi connectivity index (χ1) is 7.83. The summed E-state index contributed by atoms with van der Waals surface area (Å²) in [7, 11) is 0. The molecule has 0 aromatic rings. The van der Waals surface area contributed by atoms with Gasteiger partial charge in [0.15, 0.2) is 0 Å². The largest absolute Gasteiger partial charge is 2.00 e. The quantitative estimate of drug-likeness (QED) is 0.276. The molecule has 0 aliphatic heterocycles. The molecule has 2 radical (unpaired) electrons. The van der Waals surface area contributed by atoms with Gasteiger partial charge in [0.1, 0.15) is 0 Å². The molecule has 0 atom stereocenters. The fraction of sp³-hybridized carbons (Fsp3) is 0.875. The van der Waals surface area contributed by atoms with E-state index in [1.165, 1.54) is 64.2 Å². The summed E-state index contributed by atoms with van der Waals surface area (Å²) >= 11 is 0. The van der Waals surface area contributed by atoms with E-state index in [1.807, 2.05) is 0 Å². The second-order valence-corrected chi connectivity index (χ2v) is 4.54. The van der Waals surface area contributed by atoms with Gasteiger partial charge in [-0.3, -0.25) is 0 Å². The Labute approximate surface area is 150 Å². The van der Waals surface area contributed by atoms with Gasteiger partial charge >= 0.3 is 23.1 Å². The van der Waals surface area contributed by atoms with Crippen LogP contribution in [0.5, 0.6) is 0 Å². The molecule has 0 spiro atoms. The van der Waals surface area contributed by atoms with Gasteiger partial charge in [-0.1, -0.05) is 78.1 Å². The van der Waals surface area contributed by atoms with Crippen LogP contribution in [-0.4, -0.2) is 46.1 Å². The summed E-state index contributed by atoms with van der Waals surface area (Å²) in [5, 5.41) is 0. The fourth-order valence-electron chi connectivity index (χ4n) is 1.56. The van der Waals surface area contributed by atoms with E-state index < -0.39 is 0 Å². The normalized spacial score (nSPS) is 8.67. The molecular weight excluding hydrogens is 241 g/mol. The van der Waals surface area contributed by atoms with E-state index >= 15 is 0 Å². The van der Waals surface area contributed by atoms with Gasteiger partial charge in [-0.2, -0.15) is 12.8 Å². The maximum absolute atomic E-state index is 3.78. The van der Waals surface area contributed by atoms with Crippen LogP contribution < -0.4 is 0 Å². The Morgan fingerprint density at radius 3 is 1.06 bits per heavy atom. The standard InChI is InChI=1S/2C8H17.2Mg/c2*1-3-5-7-8-6-4-2;;/h2*1,3-8H2,2H3;;/q2*-1;;+2. The molecule has 0 saturated carbocycles. The predicted molar refractivity (Wildman–Crippen MR) is 89.0 cm³/mol. The predicted octanol–water partition coefficient (Wildman–Crippen LogP) is 5.60. The average Bonchev–Trinajstić information content (AvgIpc) is 2.31. The van der Waals surface area contributed by atoms with Crippen molar-refractivity contribution in [2.75, 3.05) is 0 Å². The SMILES string of the molecule is [CH2-]CCCCCCC.[CH2-]CCCCCCC.[Mg+2].[Mg]. The number of rotatable bonds is 10. The molecule has 0 nitrogen and oxygen atoms in total. The van der Waals surface area contributed by atoms with Crippen LogP contribution in [0, 0.1) is 13.8 Å². The van der Waals surface area contributed by atoms with Gasteiger partial charge in [0.05, 0.1) is 0 Å². The van der Waals surface area contributed by atoms with Gasteiger partial charge in [-0.25, -0.2) is 0 Å². The smallest absolute Gasteiger partial charge is 0.343 e. The van der Waals surface area contributed by atoms with E-state index in [4.69, 9.17) is 0 Å². The van der Waals surface area contributed by atoms with Crippen LogP contribution in [0.25, 0.3) is 0 Å². The van der Waals surface area contributed by atoms with Crippen molar-refractivity contribution in [2.45, 2.75) is 90.9 Å². The van der Waals surface area contributed by atoms with Crippen molar-refractivity contribution in [1.82, 2.24) is 0 Å². The van der Waals surface area contributed by atoms with Gasteiger partial charge in [0.2, 0.25) is 0 Å². The Morgan fingerprint density at radius 1 is 0.556 bits per heavy atom. The molecule has 0 N–H and O–H groups in total. The Balaban J connectivity index is -0.0000000980. The van der Waals surface area contributed by atoms with Crippen molar-refractivity contribution in [3.63, 3.8) is 0 Å². The van der Waals surface area contributed by atoms with Gasteiger partial charge in [0, 0.05) is 23.1 Å². The van der Waals surface area contributed by atoms with Crippen LogP contribution in [0.15, 0.2) is 0 Å². The molecular formula is C16H34Mg2. The fourth-order valence-corrected chi connectivity index (χ4v) is 1.56. The molecule has 0 heterocycles. The number of unbranched alkanes of at least 4 members (excludes halogenated alkanes) is 10. The Kier molecular flexibility index (Phi) is 48.1. The van der Waals surface area contributed by atoms with E-state index in [2.05, 4.69) is 27.7 Å². The third kappa shape index (κ3) is 36.0. The van der Waals surface area contributed by atoms with Crippen LogP contribution in [0.4, 0.5) is 0 Å². The van der Waals surface area contributed by atoms with Crippen molar-refractivity contribution >= 4 is 46.1 Å². The molecule has 0 unspecified atom stereocenters. The third-order valence-electron chi connectivity index (χ3n) is 2.71. The molecule has 102 valence electrons. The zero-order valence-electron chi connectivity index (χ0n) is 13.3. The van der Waals surface area contributed by atoms with Gasteiger partial charge in [-0.15, -0.1) is 0 Å². The van der Waals surface area contributed by atoms with E-state index in [0.29, 0.717) is 0 Å². The second kappa shape index (κ2) is 31.1. The average molecular weight is 275 g/mol. The minimum Gasteiger partial charge on any atom is -0.343 e. The minimum atomic E-state index is 0. The first-order valence-electron chi connectivity index (χ1n) is 7.41. The minimum absolute atomic E-state index is 0. The number of hydrogen-bond acceptors (Lipinski definition) is 0. The third-order valence-corrected chi connectivity index (χ3v) is 2.71. The molecule has 0 fully saturated rings. The van der Waals surface area contributed by atoms with Crippen molar-refractivity contribution in [2.24, 2.45) is 0 Å². The summed E-state index contributed by atoms with van der Waals surface area (Å²) in [6, 6.07) is 0. The van der Waals surface area contributed by atoms with Gasteiger partial charge in [0.25, 0.3) is 0 Å². The van der Waals surface area contributed by atoms with Crippen molar-refractivity contribution in [1.29, 1.82) is 0 Å². The molecule has 18 heavy (non-hydrogen) atoms. The van der Waals surface area contributed by atoms with Crippen molar-refractivity contribution in [3.05, 3.63) is 13.8 Å². The second-order valence-electron chi connectivity index (χ2n) is 4.54. The van der Waals surface area contributed by atoms with Crippen molar-refractivity contribution < 1.29 is 0 Å². The van der Waals surface area contributed by atoms with Crippen LogP contribution in [-0.2, 0) is 0 Å². The molecule has 0 rings (SSSR count). The molecule has 0 aliphatic carbocycles. The summed E-state index contributed by atoms with van der Waals surface area (Å²) in [6.07, 6.45) is 16.0. The molecule has 0 bridgehead atoms. The topological polar surface area (TPSA) is 0 Å².